The van der Waals surface area contributed by atoms with Crippen LogP contribution in [-0.4, -0.2) is 30.4 Å². The molecule has 1 aromatic heterocycles. The Hall–Kier alpha value is -2.15. The smallest absolute Gasteiger partial charge is 0.233 e. The molecular formula is C17H23N3O3S. The number of carbonyl (C=O) groups excluding carboxylic acids is 1. The lowest BCUT2D eigenvalue weighted by Crippen LogP contribution is -2.29. The highest BCUT2D eigenvalue weighted by atomic mass is 32.2. The highest BCUT2D eigenvalue weighted by Crippen LogP contribution is 2.17. The Morgan fingerprint density at radius 2 is 1.79 bits per heavy atom. The average molecular weight is 349 g/mol. The van der Waals surface area contributed by atoms with E-state index >= 15 is 0 Å². The van der Waals surface area contributed by atoms with Crippen molar-refractivity contribution in [1.29, 1.82) is 0 Å². The molecule has 1 amide bonds. The van der Waals surface area contributed by atoms with Crippen molar-refractivity contribution in [1.82, 2.24) is 14.5 Å². The molecule has 1 heterocycles. The summed E-state index contributed by atoms with van der Waals surface area (Å²) in [5, 5.41) is 4.55. The highest BCUT2D eigenvalue weighted by molar-refractivity contribution is 7.89. The molecule has 0 aliphatic heterocycles. The SMILES string of the molecule is Cc1ccc(Cn2nc(C)c(CCC(=O)NS(C)(=O)=O)c2C)cc1. The van der Waals surface area contributed by atoms with Gasteiger partial charge in [0.1, 0.15) is 0 Å². The van der Waals surface area contributed by atoms with Gasteiger partial charge in [-0.05, 0) is 38.3 Å². The Kier molecular flexibility index (Phi) is 5.43. The molecule has 0 saturated carbocycles. The Morgan fingerprint density at radius 1 is 1.17 bits per heavy atom. The summed E-state index contributed by atoms with van der Waals surface area (Å²) in [4.78, 5) is 11.7. The van der Waals surface area contributed by atoms with Gasteiger partial charge >= 0.3 is 0 Å². The van der Waals surface area contributed by atoms with Crippen LogP contribution in [0.5, 0.6) is 0 Å². The number of benzene rings is 1. The van der Waals surface area contributed by atoms with Gasteiger partial charge in [0.2, 0.25) is 15.9 Å². The van der Waals surface area contributed by atoms with E-state index in [1.807, 2.05) is 30.2 Å². The zero-order valence-electron chi connectivity index (χ0n) is 14.5. The predicted molar refractivity (Wildman–Crippen MR) is 93.3 cm³/mol. The van der Waals surface area contributed by atoms with Gasteiger partial charge in [-0.1, -0.05) is 29.8 Å². The molecule has 2 rings (SSSR count). The summed E-state index contributed by atoms with van der Waals surface area (Å²) in [5.74, 6) is -0.498. The minimum atomic E-state index is -3.51. The minimum Gasteiger partial charge on any atom is -0.274 e. The number of nitrogens with one attached hydrogen (secondary N) is 1. The molecule has 0 aliphatic carbocycles. The van der Waals surface area contributed by atoms with Crippen molar-refractivity contribution < 1.29 is 13.2 Å². The molecule has 130 valence electrons. The van der Waals surface area contributed by atoms with Crippen LogP contribution in [0.15, 0.2) is 24.3 Å². The molecule has 1 aromatic carbocycles. The quantitative estimate of drug-likeness (QED) is 0.863. The lowest BCUT2D eigenvalue weighted by molar-refractivity contribution is -0.119. The fraction of sp³-hybridized carbons (Fsp3) is 0.412. The van der Waals surface area contributed by atoms with Crippen molar-refractivity contribution in [2.24, 2.45) is 0 Å². The number of sulfonamides is 1. The number of hydrogen-bond acceptors (Lipinski definition) is 4. The second-order valence-electron chi connectivity index (χ2n) is 6.09. The van der Waals surface area contributed by atoms with Crippen LogP contribution in [0.1, 0.15) is 34.5 Å². The standard InChI is InChI=1S/C17H23N3O3S/c1-12-5-7-15(8-6-12)11-20-14(3)16(13(2)18-20)9-10-17(21)19-24(4,22)23/h5-8H,9-11H2,1-4H3,(H,19,21). The monoisotopic (exact) mass is 349 g/mol. The molecule has 0 fully saturated rings. The van der Waals surface area contributed by atoms with Gasteiger partial charge in [-0.15, -0.1) is 0 Å². The molecule has 0 aliphatic rings. The number of nitrogens with zero attached hydrogens (tertiary/aromatic N) is 2. The molecule has 0 atom stereocenters. The Labute approximate surface area is 142 Å². The number of rotatable bonds is 6. The number of carbonyl (C=O) groups is 1. The molecule has 0 radical (unpaired) electrons. The van der Waals surface area contributed by atoms with E-state index in [0.717, 1.165) is 28.8 Å². The summed E-state index contributed by atoms with van der Waals surface area (Å²) in [6, 6.07) is 8.28. The van der Waals surface area contributed by atoms with Gasteiger partial charge in [0.25, 0.3) is 0 Å². The summed E-state index contributed by atoms with van der Waals surface area (Å²) in [6.45, 7) is 6.59. The molecule has 7 heteroatoms. The number of hydrogen-bond donors (Lipinski definition) is 1. The number of aromatic nitrogens is 2. The van der Waals surface area contributed by atoms with Gasteiger partial charge < -0.3 is 0 Å². The molecule has 1 N–H and O–H groups in total. The van der Waals surface area contributed by atoms with Crippen LogP contribution in [0.2, 0.25) is 0 Å². The minimum absolute atomic E-state index is 0.116. The number of amides is 1. The van der Waals surface area contributed by atoms with E-state index < -0.39 is 15.9 Å². The summed E-state index contributed by atoms with van der Waals surface area (Å²) < 4.78 is 26.0. The van der Waals surface area contributed by atoms with Gasteiger partial charge in [-0.2, -0.15) is 5.10 Å². The third-order valence-electron chi connectivity index (χ3n) is 3.89. The Balaban J connectivity index is 2.08. The van der Waals surface area contributed by atoms with Crippen LogP contribution in [0, 0.1) is 20.8 Å². The Bertz CT molecular complexity index is 837. The Morgan fingerprint density at radius 3 is 2.38 bits per heavy atom. The van der Waals surface area contributed by atoms with E-state index in [1.165, 1.54) is 5.56 Å². The van der Waals surface area contributed by atoms with Crippen LogP contribution < -0.4 is 4.72 Å². The van der Waals surface area contributed by atoms with Crippen LogP contribution in [-0.2, 0) is 27.8 Å². The van der Waals surface area contributed by atoms with E-state index in [1.54, 1.807) is 0 Å². The maximum atomic E-state index is 11.7. The summed E-state index contributed by atoms with van der Waals surface area (Å²) in [5.41, 5.74) is 5.23. The van der Waals surface area contributed by atoms with Gasteiger partial charge in [0.15, 0.2) is 0 Å². The van der Waals surface area contributed by atoms with Crippen molar-refractivity contribution >= 4 is 15.9 Å². The molecule has 2 aromatic rings. The fourth-order valence-electron chi connectivity index (χ4n) is 2.61. The van der Waals surface area contributed by atoms with Gasteiger partial charge in [-0.3, -0.25) is 14.2 Å². The van der Waals surface area contributed by atoms with E-state index in [0.29, 0.717) is 13.0 Å². The first-order valence-corrected chi connectivity index (χ1v) is 9.64. The zero-order chi connectivity index (χ0) is 17.9. The first-order valence-electron chi connectivity index (χ1n) is 7.75. The lowest BCUT2D eigenvalue weighted by Gasteiger charge is -2.07. The maximum absolute atomic E-state index is 11.7. The largest absolute Gasteiger partial charge is 0.274 e. The third-order valence-corrected chi connectivity index (χ3v) is 4.48. The first-order chi connectivity index (χ1) is 11.2. The third kappa shape index (κ3) is 4.92. The van der Waals surface area contributed by atoms with Crippen molar-refractivity contribution in [3.8, 4) is 0 Å². The highest BCUT2D eigenvalue weighted by Gasteiger charge is 2.15. The van der Waals surface area contributed by atoms with E-state index in [-0.39, 0.29) is 6.42 Å². The van der Waals surface area contributed by atoms with Crippen LogP contribution >= 0.6 is 0 Å². The maximum Gasteiger partial charge on any atom is 0.233 e. The summed E-state index contributed by atoms with van der Waals surface area (Å²) >= 11 is 0. The van der Waals surface area contributed by atoms with E-state index in [9.17, 15) is 13.2 Å². The van der Waals surface area contributed by atoms with E-state index in [2.05, 4.69) is 29.4 Å². The average Bonchev–Trinajstić information content (AvgIpc) is 2.72. The normalized spacial score (nSPS) is 11.5. The van der Waals surface area contributed by atoms with Gasteiger partial charge in [0.05, 0.1) is 18.5 Å². The summed E-state index contributed by atoms with van der Waals surface area (Å²) in [7, 11) is -3.51. The number of aryl methyl sites for hydroxylation is 2. The molecular weight excluding hydrogens is 326 g/mol. The van der Waals surface area contributed by atoms with Crippen molar-refractivity contribution in [3.05, 3.63) is 52.3 Å². The molecule has 0 saturated heterocycles. The molecule has 0 spiro atoms. The van der Waals surface area contributed by atoms with Crippen LogP contribution in [0.25, 0.3) is 0 Å². The second-order valence-corrected chi connectivity index (χ2v) is 7.84. The topological polar surface area (TPSA) is 81.1 Å². The van der Waals surface area contributed by atoms with Crippen LogP contribution in [0.4, 0.5) is 0 Å². The van der Waals surface area contributed by atoms with Gasteiger partial charge in [-0.25, -0.2) is 8.42 Å². The van der Waals surface area contributed by atoms with E-state index in [4.69, 9.17) is 0 Å². The van der Waals surface area contributed by atoms with Crippen molar-refractivity contribution in [2.75, 3.05) is 6.26 Å². The first kappa shape index (κ1) is 18.2. The molecule has 0 bridgehead atoms. The fourth-order valence-corrected chi connectivity index (χ4v) is 3.13. The van der Waals surface area contributed by atoms with Crippen LogP contribution in [0.3, 0.4) is 0 Å². The predicted octanol–water partition coefficient (Wildman–Crippen LogP) is 1.87. The molecule has 6 nitrogen and oxygen atoms in total. The molecule has 0 unspecified atom stereocenters. The molecule has 24 heavy (non-hydrogen) atoms. The van der Waals surface area contributed by atoms with Gasteiger partial charge in [0, 0.05) is 12.1 Å². The summed E-state index contributed by atoms with van der Waals surface area (Å²) in [6.07, 6.45) is 1.55. The van der Waals surface area contributed by atoms with Crippen molar-refractivity contribution in [2.45, 2.75) is 40.2 Å². The van der Waals surface area contributed by atoms with Crippen molar-refractivity contribution in [3.63, 3.8) is 0 Å². The zero-order valence-corrected chi connectivity index (χ0v) is 15.3. The lowest BCUT2D eigenvalue weighted by atomic mass is 10.1. The second kappa shape index (κ2) is 7.17.